The van der Waals surface area contributed by atoms with E-state index in [0.717, 1.165) is 23.9 Å². The van der Waals surface area contributed by atoms with Gasteiger partial charge in [-0.1, -0.05) is 22.0 Å². The molecule has 1 N–H and O–H groups in total. The Kier molecular flexibility index (Phi) is 4.11. The van der Waals surface area contributed by atoms with Gasteiger partial charge in [-0.3, -0.25) is 0 Å². The number of thioether (sulfide) groups is 1. The Morgan fingerprint density at radius 3 is 3.16 bits per heavy atom. The van der Waals surface area contributed by atoms with Gasteiger partial charge < -0.3 is 10.1 Å². The van der Waals surface area contributed by atoms with Crippen molar-refractivity contribution in [1.29, 1.82) is 0 Å². The first-order valence-electron chi connectivity index (χ1n) is 6.91. The Labute approximate surface area is 127 Å². The third-order valence-electron chi connectivity index (χ3n) is 4.12. The number of anilines is 1. The van der Waals surface area contributed by atoms with Crippen molar-refractivity contribution in [2.45, 2.75) is 37.8 Å². The van der Waals surface area contributed by atoms with Gasteiger partial charge >= 0.3 is 0 Å². The molecular formula is C15H20BrNOS. The van der Waals surface area contributed by atoms with Crippen molar-refractivity contribution in [3.63, 3.8) is 0 Å². The smallest absolute Gasteiger partial charge is 0.0799 e. The molecule has 104 valence electrons. The maximum absolute atomic E-state index is 6.08. The zero-order valence-corrected chi connectivity index (χ0v) is 13.6. The van der Waals surface area contributed by atoms with Gasteiger partial charge in [-0.15, -0.1) is 0 Å². The topological polar surface area (TPSA) is 21.3 Å². The van der Waals surface area contributed by atoms with E-state index in [0.29, 0.717) is 6.04 Å². The van der Waals surface area contributed by atoms with E-state index >= 15 is 0 Å². The van der Waals surface area contributed by atoms with E-state index in [1.54, 1.807) is 0 Å². The van der Waals surface area contributed by atoms with Crippen molar-refractivity contribution in [2.75, 3.05) is 23.4 Å². The standard InChI is InChI=1S/C15H20BrNOS/c1-11-2-3-12(16)8-14(11)17-13-4-6-18-15(9-13)5-7-19-10-15/h2-3,8,13,17H,4-7,9-10H2,1H3. The van der Waals surface area contributed by atoms with Crippen LogP contribution in [0.2, 0.25) is 0 Å². The Morgan fingerprint density at radius 2 is 2.37 bits per heavy atom. The number of nitrogens with one attached hydrogen (secondary N) is 1. The lowest BCUT2D eigenvalue weighted by molar-refractivity contribution is -0.0628. The second-order valence-electron chi connectivity index (χ2n) is 5.63. The summed E-state index contributed by atoms with van der Waals surface area (Å²) in [6, 6.07) is 6.98. The molecule has 0 radical (unpaired) electrons. The fraction of sp³-hybridized carbons (Fsp3) is 0.600. The number of halogens is 1. The molecule has 0 saturated carbocycles. The summed E-state index contributed by atoms with van der Waals surface area (Å²) in [7, 11) is 0. The zero-order valence-electron chi connectivity index (χ0n) is 11.2. The number of ether oxygens (including phenoxy) is 1. The lowest BCUT2D eigenvalue weighted by Crippen LogP contribution is -2.44. The minimum Gasteiger partial charge on any atom is -0.382 e. The van der Waals surface area contributed by atoms with Crippen molar-refractivity contribution >= 4 is 33.4 Å². The van der Waals surface area contributed by atoms with E-state index in [2.05, 4.69) is 46.4 Å². The summed E-state index contributed by atoms with van der Waals surface area (Å²) in [6.07, 6.45) is 3.47. The summed E-state index contributed by atoms with van der Waals surface area (Å²) in [5.41, 5.74) is 2.71. The highest BCUT2D eigenvalue weighted by molar-refractivity contribution is 9.10. The average Bonchev–Trinajstić information content (AvgIpc) is 2.82. The molecule has 0 bridgehead atoms. The van der Waals surface area contributed by atoms with Gasteiger partial charge in [0.25, 0.3) is 0 Å². The maximum Gasteiger partial charge on any atom is 0.0799 e. The summed E-state index contributed by atoms with van der Waals surface area (Å²) in [5, 5.41) is 3.72. The number of aryl methyl sites for hydroxylation is 1. The van der Waals surface area contributed by atoms with Gasteiger partial charge in [-0.05, 0) is 49.6 Å². The van der Waals surface area contributed by atoms with Crippen LogP contribution in [0.1, 0.15) is 24.8 Å². The molecule has 2 nitrogen and oxygen atoms in total. The number of hydrogen-bond donors (Lipinski definition) is 1. The van der Waals surface area contributed by atoms with Crippen LogP contribution in [0.5, 0.6) is 0 Å². The van der Waals surface area contributed by atoms with Crippen molar-refractivity contribution in [1.82, 2.24) is 0 Å². The molecule has 3 rings (SSSR count). The first-order chi connectivity index (χ1) is 9.17. The monoisotopic (exact) mass is 341 g/mol. The van der Waals surface area contributed by atoms with Gasteiger partial charge in [0, 0.05) is 28.6 Å². The Morgan fingerprint density at radius 1 is 1.47 bits per heavy atom. The van der Waals surface area contributed by atoms with E-state index < -0.39 is 0 Å². The molecule has 2 saturated heterocycles. The quantitative estimate of drug-likeness (QED) is 0.869. The average molecular weight is 342 g/mol. The normalized spacial score (nSPS) is 30.7. The molecule has 2 aliphatic heterocycles. The lowest BCUT2D eigenvalue weighted by Gasteiger charge is -2.38. The van der Waals surface area contributed by atoms with Crippen LogP contribution >= 0.6 is 27.7 Å². The Hall–Kier alpha value is -0.190. The van der Waals surface area contributed by atoms with Crippen LogP contribution in [0.25, 0.3) is 0 Å². The predicted molar refractivity (Wildman–Crippen MR) is 86.1 cm³/mol. The summed E-state index contributed by atoms with van der Waals surface area (Å²) in [4.78, 5) is 0. The number of hydrogen-bond acceptors (Lipinski definition) is 3. The van der Waals surface area contributed by atoms with E-state index in [-0.39, 0.29) is 5.60 Å². The molecule has 0 aromatic heterocycles. The van der Waals surface area contributed by atoms with Crippen LogP contribution in [0.15, 0.2) is 22.7 Å². The molecule has 19 heavy (non-hydrogen) atoms. The fourth-order valence-electron chi connectivity index (χ4n) is 2.98. The van der Waals surface area contributed by atoms with E-state index in [9.17, 15) is 0 Å². The first-order valence-corrected chi connectivity index (χ1v) is 8.86. The third-order valence-corrected chi connectivity index (χ3v) is 5.84. The Bertz CT molecular complexity index is 459. The van der Waals surface area contributed by atoms with Crippen LogP contribution in [0.3, 0.4) is 0 Å². The number of rotatable bonds is 2. The molecule has 2 unspecified atom stereocenters. The predicted octanol–water partition coefficient (Wildman–Crippen LogP) is 4.22. The minimum absolute atomic E-state index is 0.153. The molecule has 2 aliphatic rings. The molecule has 2 fully saturated rings. The maximum atomic E-state index is 6.08. The van der Waals surface area contributed by atoms with Gasteiger partial charge in [0.05, 0.1) is 5.60 Å². The second-order valence-corrected chi connectivity index (χ2v) is 7.65. The van der Waals surface area contributed by atoms with E-state index in [1.165, 1.54) is 29.2 Å². The van der Waals surface area contributed by atoms with Crippen molar-refractivity contribution in [2.24, 2.45) is 0 Å². The molecular weight excluding hydrogens is 322 g/mol. The Balaban J connectivity index is 1.70. The fourth-order valence-corrected chi connectivity index (χ4v) is 4.72. The minimum atomic E-state index is 0.153. The van der Waals surface area contributed by atoms with Gasteiger partial charge in [0.2, 0.25) is 0 Å². The molecule has 4 heteroatoms. The van der Waals surface area contributed by atoms with Crippen LogP contribution in [0, 0.1) is 6.92 Å². The highest BCUT2D eigenvalue weighted by Crippen LogP contribution is 2.39. The molecule has 1 aromatic carbocycles. The van der Waals surface area contributed by atoms with Gasteiger partial charge in [-0.2, -0.15) is 11.8 Å². The lowest BCUT2D eigenvalue weighted by atomic mass is 9.89. The van der Waals surface area contributed by atoms with Crippen LogP contribution in [-0.4, -0.2) is 29.8 Å². The molecule has 2 heterocycles. The summed E-state index contributed by atoms with van der Waals surface area (Å²) >= 11 is 5.59. The van der Waals surface area contributed by atoms with E-state index in [1.807, 2.05) is 11.8 Å². The molecule has 1 aromatic rings. The SMILES string of the molecule is Cc1ccc(Br)cc1NC1CCOC2(CCSC2)C1. The van der Waals surface area contributed by atoms with Crippen LogP contribution < -0.4 is 5.32 Å². The summed E-state index contributed by atoms with van der Waals surface area (Å²) in [5.74, 6) is 2.42. The molecule has 0 amide bonds. The molecule has 0 aliphatic carbocycles. The second kappa shape index (κ2) is 5.66. The summed E-state index contributed by atoms with van der Waals surface area (Å²) in [6.45, 7) is 3.06. The van der Waals surface area contributed by atoms with Crippen molar-refractivity contribution < 1.29 is 4.74 Å². The van der Waals surface area contributed by atoms with Crippen molar-refractivity contribution in [3.8, 4) is 0 Å². The molecule has 1 spiro atoms. The van der Waals surface area contributed by atoms with Gasteiger partial charge in [0.1, 0.15) is 0 Å². The van der Waals surface area contributed by atoms with E-state index in [4.69, 9.17) is 4.74 Å². The summed E-state index contributed by atoms with van der Waals surface area (Å²) < 4.78 is 7.22. The van der Waals surface area contributed by atoms with Gasteiger partial charge in [-0.25, -0.2) is 0 Å². The van der Waals surface area contributed by atoms with Crippen molar-refractivity contribution in [3.05, 3.63) is 28.2 Å². The zero-order chi connectivity index (χ0) is 13.3. The number of benzene rings is 1. The molecule has 2 atom stereocenters. The van der Waals surface area contributed by atoms with Crippen LogP contribution in [0.4, 0.5) is 5.69 Å². The van der Waals surface area contributed by atoms with Gasteiger partial charge in [0.15, 0.2) is 0 Å². The largest absolute Gasteiger partial charge is 0.382 e. The van der Waals surface area contributed by atoms with Crippen LogP contribution in [-0.2, 0) is 4.74 Å². The highest BCUT2D eigenvalue weighted by atomic mass is 79.9. The third kappa shape index (κ3) is 3.11. The first kappa shape index (κ1) is 13.8. The highest BCUT2D eigenvalue weighted by Gasteiger charge is 2.40.